The number of hydrogen-bond acceptors (Lipinski definition) is 3. The van der Waals surface area contributed by atoms with E-state index in [2.05, 4.69) is 25.9 Å². The van der Waals surface area contributed by atoms with E-state index in [0.29, 0.717) is 11.0 Å². The highest BCUT2D eigenvalue weighted by molar-refractivity contribution is 9.10. The number of hydrogen-bond donors (Lipinski definition) is 0. The first-order valence-corrected chi connectivity index (χ1v) is 7.12. The van der Waals surface area contributed by atoms with Gasteiger partial charge in [0, 0.05) is 15.4 Å². The zero-order valence-electron chi connectivity index (χ0n) is 10.6. The Hall–Kier alpha value is -1.65. The summed E-state index contributed by atoms with van der Waals surface area (Å²) in [5.74, 6) is 1.40. The maximum absolute atomic E-state index is 6.23. The minimum absolute atomic E-state index is 0.452. The van der Waals surface area contributed by atoms with Crippen LogP contribution in [-0.2, 0) is 0 Å². The van der Waals surface area contributed by atoms with Gasteiger partial charge in [0.15, 0.2) is 5.82 Å². The molecular weight excluding hydrogens is 340 g/mol. The number of benzene rings is 2. The van der Waals surface area contributed by atoms with Gasteiger partial charge in [0.05, 0.1) is 12.6 Å². The molecule has 0 fully saturated rings. The van der Waals surface area contributed by atoms with E-state index in [1.807, 2.05) is 42.5 Å². The van der Waals surface area contributed by atoms with E-state index in [1.165, 1.54) is 0 Å². The lowest BCUT2D eigenvalue weighted by atomic mass is 10.2. The summed E-state index contributed by atoms with van der Waals surface area (Å²) in [6.45, 7) is 0. The summed E-state index contributed by atoms with van der Waals surface area (Å²) in [6.07, 6.45) is 0. The maximum atomic E-state index is 6.23. The molecule has 0 atom stereocenters. The van der Waals surface area contributed by atoms with Crippen LogP contribution in [0.2, 0.25) is 5.15 Å². The van der Waals surface area contributed by atoms with Crippen LogP contribution in [0.5, 0.6) is 5.75 Å². The van der Waals surface area contributed by atoms with Crippen molar-refractivity contribution in [2.24, 2.45) is 0 Å². The lowest BCUT2D eigenvalue weighted by Crippen LogP contribution is -1.92. The van der Waals surface area contributed by atoms with Crippen molar-refractivity contribution in [1.82, 2.24) is 9.97 Å². The second-order valence-electron chi connectivity index (χ2n) is 4.23. The number of nitrogens with zero attached hydrogens (tertiary/aromatic N) is 2. The van der Waals surface area contributed by atoms with E-state index in [1.54, 1.807) is 7.11 Å². The third-order valence-corrected chi connectivity index (χ3v) is 3.74. The zero-order valence-corrected chi connectivity index (χ0v) is 12.9. The van der Waals surface area contributed by atoms with Crippen LogP contribution in [-0.4, -0.2) is 17.1 Å². The van der Waals surface area contributed by atoms with Gasteiger partial charge in [-0.05, 0) is 42.5 Å². The molecule has 2 aromatic carbocycles. The van der Waals surface area contributed by atoms with Gasteiger partial charge in [0.25, 0.3) is 0 Å². The minimum atomic E-state index is 0.452. The average molecular weight is 350 g/mol. The van der Waals surface area contributed by atoms with Gasteiger partial charge >= 0.3 is 0 Å². The molecule has 0 saturated heterocycles. The molecule has 20 heavy (non-hydrogen) atoms. The quantitative estimate of drug-likeness (QED) is 0.628. The van der Waals surface area contributed by atoms with E-state index in [-0.39, 0.29) is 0 Å². The van der Waals surface area contributed by atoms with Crippen LogP contribution in [0.25, 0.3) is 22.3 Å². The Kier molecular flexibility index (Phi) is 3.59. The van der Waals surface area contributed by atoms with Gasteiger partial charge < -0.3 is 4.74 Å². The van der Waals surface area contributed by atoms with Crippen molar-refractivity contribution < 1.29 is 4.74 Å². The summed E-state index contributed by atoms with van der Waals surface area (Å²) < 4.78 is 6.10. The molecular formula is C15H10BrClN2O. The Morgan fingerprint density at radius 3 is 2.50 bits per heavy atom. The lowest BCUT2D eigenvalue weighted by molar-refractivity contribution is 0.415. The van der Waals surface area contributed by atoms with E-state index < -0.39 is 0 Å². The first-order valence-electron chi connectivity index (χ1n) is 5.94. The smallest absolute Gasteiger partial charge is 0.161 e. The minimum Gasteiger partial charge on any atom is -0.497 e. The summed E-state index contributed by atoms with van der Waals surface area (Å²) in [5, 5.41) is 1.29. The second kappa shape index (κ2) is 5.38. The maximum Gasteiger partial charge on any atom is 0.161 e. The van der Waals surface area contributed by atoms with Crippen LogP contribution in [0.15, 0.2) is 46.9 Å². The van der Waals surface area contributed by atoms with Crippen molar-refractivity contribution in [3.63, 3.8) is 0 Å². The number of ether oxygens (including phenoxy) is 1. The largest absolute Gasteiger partial charge is 0.497 e. The van der Waals surface area contributed by atoms with Crippen molar-refractivity contribution in [2.45, 2.75) is 0 Å². The Morgan fingerprint density at radius 1 is 1.05 bits per heavy atom. The molecule has 100 valence electrons. The summed E-state index contributed by atoms with van der Waals surface area (Å²) in [4.78, 5) is 8.91. The third kappa shape index (κ3) is 2.49. The lowest BCUT2D eigenvalue weighted by Gasteiger charge is -2.06. The topological polar surface area (TPSA) is 35.0 Å². The van der Waals surface area contributed by atoms with E-state index in [9.17, 15) is 0 Å². The molecule has 1 heterocycles. The van der Waals surface area contributed by atoms with Gasteiger partial charge in [-0.25, -0.2) is 9.97 Å². The molecule has 0 spiro atoms. The molecule has 3 rings (SSSR count). The standard InChI is InChI=1S/C15H10BrClN2O/c1-20-11-5-2-9(3-6-11)15-18-13-8-10(16)4-7-12(13)14(17)19-15/h2-8H,1H3. The fraction of sp³-hybridized carbons (Fsp3) is 0.0667. The highest BCUT2D eigenvalue weighted by Gasteiger charge is 2.08. The third-order valence-electron chi connectivity index (χ3n) is 2.96. The number of aromatic nitrogens is 2. The van der Waals surface area contributed by atoms with Gasteiger partial charge in [-0.2, -0.15) is 0 Å². The highest BCUT2D eigenvalue weighted by atomic mass is 79.9. The summed E-state index contributed by atoms with van der Waals surface area (Å²) in [6, 6.07) is 13.3. The fourth-order valence-electron chi connectivity index (χ4n) is 1.93. The first-order chi connectivity index (χ1) is 9.67. The molecule has 3 nitrogen and oxygen atoms in total. The van der Waals surface area contributed by atoms with Crippen LogP contribution in [0.3, 0.4) is 0 Å². The molecule has 0 aliphatic rings. The van der Waals surface area contributed by atoms with Crippen LogP contribution in [0, 0.1) is 0 Å². The molecule has 0 bridgehead atoms. The van der Waals surface area contributed by atoms with E-state index in [4.69, 9.17) is 16.3 Å². The molecule has 0 N–H and O–H groups in total. The normalized spacial score (nSPS) is 10.8. The van der Waals surface area contributed by atoms with Crippen molar-refractivity contribution >= 4 is 38.4 Å². The molecule has 0 aliphatic carbocycles. The highest BCUT2D eigenvalue weighted by Crippen LogP contribution is 2.27. The summed E-state index contributed by atoms with van der Waals surface area (Å²) >= 11 is 9.67. The molecule has 0 amide bonds. The molecule has 0 radical (unpaired) electrons. The second-order valence-corrected chi connectivity index (χ2v) is 5.50. The molecule has 1 aromatic heterocycles. The van der Waals surface area contributed by atoms with Crippen molar-refractivity contribution in [1.29, 1.82) is 0 Å². The van der Waals surface area contributed by atoms with Crippen LogP contribution < -0.4 is 4.74 Å². The molecule has 0 aliphatic heterocycles. The van der Waals surface area contributed by atoms with E-state index in [0.717, 1.165) is 26.7 Å². The summed E-state index contributed by atoms with van der Waals surface area (Å²) in [5.41, 5.74) is 1.71. The zero-order chi connectivity index (χ0) is 14.1. The Balaban J connectivity index is 2.15. The monoisotopic (exact) mass is 348 g/mol. The number of fused-ring (bicyclic) bond motifs is 1. The van der Waals surface area contributed by atoms with Gasteiger partial charge in [0.2, 0.25) is 0 Å². The average Bonchev–Trinajstić information content (AvgIpc) is 2.46. The van der Waals surface area contributed by atoms with E-state index >= 15 is 0 Å². The predicted molar refractivity (Wildman–Crippen MR) is 84.2 cm³/mol. The van der Waals surface area contributed by atoms with Gasteiger partial charge in [0.1, 0.15) is 10.9 Å². The van der Waals surface area contributed by atoms with Crippen molar-refractivity contribution in [2.75, 3.05) is 7.11 Å². The molecule has 3 aromatic rings. The Morgan fingerprint density at radius 2 is 1.80 bits per heavy atom. The Bertz CT molecular complexity index is 775. The fourth-order valence-corrected chi connectivity index (χ4v) is 2.52. The SMILES string of the molecule is COc1ccc(-c2nc(Cl)c3ccc(Br)cc3n2)cc1. The number of methoxy groups -OCH3 is 1. The molecule has 0 unspecified atom stereocenters. The Labute approximate surface area is 129 Å². The van der Waals surface area contributed by atoms with Gasteiger partial charge in [-0.3, -0.25) is 0 Å². The first kappa shape index (κ1) is 13.3. The van der Waals surface area contributed by atoms with Gasteiger partial charge in [-0.15, -0.1) is 0 Å². The van der Waals surface area contributed by atoms with Gasteiger partial charge in [-0.1, -0.05) is 27.5 Å². The van der Waals surface area contributed by atoms with Crippen LogP contribution in [0.1, 0.15) is 0 Å². The van der Waals surface area contributed by atoms with Crippen molar-refractivity contribution in [3.05, 3.63) is 52.1 Å². The summed E-state index contributed by atoms with van der Waals surface area (Å²) in [7, 11) is 1.63. The molecule has 0 saturated carbocycles. The van der Waals surface area contributed by atoms with Crippen LogP contribution >= 0.6 is 27.5 Å². The van der Waals surface area contributed by atoms with Crippen molar-refractivity contribution in [3.8, 4) is 17.1 Å². The predicted octanol–water partition coefficient (Wildman–Crippen LogP) is 4.72. The molecule has 5 heteroatoms. The number of rotatable bonds is 2. The number of halogens is 2. The van der Waals surface area contributed by atoms with Crippen LogP contribution in [0.4, 0.5) is 0 Å².